The van der Waals surface area contributed by atoms with Crippen LogP contribution in [0.2, 0.25) is 0 Å². The van der Waals surface area contributed by atoms with Crippen molar-refractivity contribution in [3.05, 3.63) is 0 Å². The lowest BCUT2D eigenvalue weighted by atomic mass is 9.97. The van der Waals surface area contributed by atoms with E-state index in [1.165, 1.54) is 0 Å². The van der Waals surface area contributed by atoms with Crippen molar-refractivity contribution in [3.8, 4) is 0 Å². The molecule has 7 heteroatoms. The van der Waals surface area contributed by atoms with E-state index >= 15 is 0 Å². The summed E-state index contributed by atoms with van der Waals surface area (Å²) in [6, 6.07) is 0. The van der Waals surface area contributed by atoms with Crippen molar-refractivity contribution in [1.82, 2.24) is 10.2 Å². The Hall–Kier alpha value is -0.850. The summed E-state index contributed by atoms with van der Waals surface area (Å²) < 4.78 is 48.9. The number of carbonyl (C=O) groups is 1. The number of amides is 1. The van der Waals surface area contributed by atoms with Crippen molar-refractivity contribution in [1.29, 1.82) is 0 Å². The van der Waals surface area contributed by atoms with E-state index in [0.717, 1.165) is 25.9 Å². The largest absolute Gasteiger partial charge is 0.383 e. The number of likely N-dealkylation sites (tertiary alicyclic amines) is 1. The van der Waals surface area contributed by atoms with Crippen LogP contribution in [0, 0.1) is 5.92 Å². The van der Waals surface area contributed by atoms with Crippen molar-refractivity contribution < 1.29 is 22.4 Å². The molecule has 0 unspecified atom stereocenters. The van der Waals surface area contributed by atoms with Gasteiger partial charge in [0.1, 0.15) is 0 Å². The maximum absolute atomic E-state index is 12.6. The van der Waals surface area contributed by atoms with Crippen LogP contribution in [0.5, 0.6) is 0 Å². The van der Waals surface area contributed by atoms with Crippen LogP contribution < -0.4 is 5.32 Å². The number of rotatable bonds is 4. The fraction of sp³-hybridized carbons (Fsp3) is 0.900. The Kier molecular flexibility index (Phi) is 4.73. The highest BCUT2D eigenvalue weighted by Gasteiger charge is 2.48. The van der Waals surface area contributed by atoms with Gasteiger partial charge in [-0.3, -0.25) is 4.79 Å². The van der Waals surface area contributed by atoms with Crippen molar-refractivity contribution in [2.45, 2.75) is 25.2 Å². The van der Waals surface area contributed by atoms with E-state index in [0.29, 0.717) is 0 Å². The SMILES string of the molecule is CN1CCC(CNC(=O)C(F)(F)C(F)F)CC1. The minimum absolute atomic E-state index is 0.0367. The second kappa shape index (κ2) is 5.66. The fourth-order valence-electron chi connectivity index (χ4n) is 1.72. The second-order valence-corrected chi connectivity index (χ2v) is 4.38. The van der Waals surface area contributed by atoms with E-state index in [1.54, 1.807) is 0 Å². The lowest BCUT2D eigenvalue weighted by Gasteiger charge is -2.29. The van der Waals surface area contributed by atoms with Crippen LogP contribution in [0.15, 0.2) is 0 Å². The molecule has 0 atom stereocenters. The Balaban J connectivity index is 2.33. The molecule has 1 saturated heterocycles. The van der Waals surface area contributed by atoms with Crippen LogP contribution in [0.3, 0.4) is 0 Å². The predicted molar refractivity (Wildman–Crippen MR) is 54.2 cm³/mol. The molecule has 0 saturated carbocycles. The molecule has 1 aliphatic rings. The molecule has 17 heavy (non-hydrogen) atoms. The van der Waals surface area contributed by atoms with Crippen LogP contribution >= 0.6 is 0 Å². The summed E-state index contributed by atoms with van der Waals surface area (Å²) in [5.74, 6) is -6.39. The Labute approximate surface area is 97.2 Å². The molecule has 0 radical (unpaired) electrons. The van der Waals surface area contributed by atoms with Crippen molar-refractivity contribution in [3.63, 3.8) is 0 Å². The molecule has 0 aromatic carbocycles. The number of piperidine rings is 1. The van der Waals surface area contributed by atoms with E-state index < -0.39 is 18.3 Å². The van der Waals surface area contributed by atoms with Gasteiger partial charge in [-0.15, -0.1) is 0 Å². The van der Waals surface area contributed by atoms with Crippen LogP contribution in [0.4, 0.5) is 17.6 Å². The summed E-state index contributed by atoms with van der Waals surface area (Å²) >= 11 is 0. The van der Waals surface area contributed by atoms with Gasteiger partial charge in [0.05, 0.1) is 0 Å². The fourth-order valence-corrected chi connectivity index (χ4v) is 1.72. The molecule has 1 rings (SSSR count). The van der Waals surface area contributed by atoms with Gasteiger partial charge in [-0.1, -0.05) is 0 Å². The summed E-state index contributed by atoms with van der Waals surface area (Å²) in [5.41, 5.74) is 0. The minimum atomic E-state index is -4.59. The van der Waals surface area contributed by atoms with Gasteiger partial charge in [-0.2, -0.15) is 8.78 Å². The Morgan fingerprint density at radius 1 is 1.41 bits per heavy atom. The van der Waals surface area contributed by atoms with Gasteiger partial charge in [0, 0.05) is 6.54 Å². The molecule has 0 aromatic heterocycles. The van der Waals surface area contributed by atoms with Gasteiger partial charge in [0.25, 0.3) is 5.91 Å². The van der Waals surface area contributed by atoms with Crippen LogP contribution in [0.25, 0.3) is 0 Å². The first-order valence-corrected chi connectivity index (χ1v) is 5.47. The normalized spacial score (nSPS) is 19.6. The molecule has 0 spiro atoms. The molecule has 1 fully saturated rings. The highest BCUT2D eigenvalue weighted by Crippen LogP contribution is 2.23. The molecule has 1 N–H and O–H groups in total. The molecule has 0 aromatic rings. The smallest absolute Gasteiger partial charge is 0.350 e. The van der Waals surface area contributed by atoms with E-state index in [-0.39, 0.29) is 12.5 Å². The van der Waals surface area contributed by atoms with Gasteiger partial charge in [-0.25, -0.2) is 8.78 Å². The third-order valence-corrected chi connectivity index (χ3v) is 2.97. The standard InChI is InChI=1S/C10H16F4N2O/c1-16-4-2-7(3-5-16)6-15-9(17)10(13,14)8(11)12/h7-8H,2-6H2,1H3,(H,15,17). The lowest BCUT2D eigenvalue weighted by molar-refractivity contribution is -0.169. The van der Waals surface area contributed by atoms with E-state index in [9.17, 15) is 22.4 Å². The summed E-state index contributed by atoms with van der Waals surface area (Å²) in [6.07, 6.45) is -2.41. The lowest BCUT2D eigenvalue weighted by Crippen LogP contribution is -2.47. The van der Waals surface area contributed by atoms with Crippen LogP contribution in [0.1, 0.15) is 12.8 Å². The quantitative estimate of drug-likeness (QED) is 0.770. The number of halogens is 4. The highest BCUT2D eigenvalue weighted by atomic mass is 19.3. The molecule has 3 nitrogen and oxygen atoms in total. The van der Waals surface area contributed by atoms with E-state index in [1.807, 2.05) is 12.4 Å². The third-order valence-electron chi connectivity index (χ3n) is 2.97. The monoisotopic (exact) mass is 256 g/mol. The van der Waals surface area contributed by atoms with E-state index in [4.69, 9.17) is 0 Å². The minimum Gasteiger partial charge on any atom is -0.350 e. The summed E-state index contributed by atoms with van der Waals surface area (Å²) in [6.45, 7) is 1.69. The average Bonchev–Trinajstić information content (AvgIpc) is 2.27. The van der Waals surface area contributed by atoms with Crippen LogP contribution in [-0.2, 0) is 4.79 Å². The molecule has 1 aliphatic heterocycles. The van der Waals surface area contributed by atoms with Gasteiger partial charge in [0.15, 0.2) is 0 Å². The first-order chi connectivity index (χ1) is 7.84. The number of nitrogens with one attached hydrogen (secondary N) is 1. The van der Waals surface area contributed by atoms with E-state index in [2.05, 4.69) is 4.90 Å². The average molecular weight is 256 g/mol. The zero-order valence-electron chi connectivity index (χ0n) is 9.56. The summed E-state index contributed by atoms with van der Waals surface area (Å²) in [5, 5.41) is 1.90. The first-order valence-electron chi connectivity index (χ1n) is 5.47. The molecule has 100 valence electrons. The molecule has 0 aliphatic carbocycles. The van der Waals surface area contributed by atoms with Gasteiger partial charge >= 0.3 is 12.3 Å². The number of nitrogens with zero attached hydrogens (tertiary/aromatic N) is 1. The third kappa shape index (κ3) is 3.83. The number of carbonyl (C=O) groups excluding carboxylic acids is 1. The van der Waals surface area contributed by atoms with Crippen molar-refractivity contribution in [2.75, 3.05) is 26.7 Å². The zero-order valence-corrected chi connectivity index (χ0v) is 9.56. The topological polar surface area (TPSA) is 32.3 Å². The number of hydrogen-bond acceptors (Lipinski definition) is 2. The van der Waals surface area contributed by atoms with Gasteiger partial charge in [0.2, 0.25) is 0 Å². The Bertz CT molecular complexity index is 265. The summed E-state index contributed by atoms with van der Waals surface area (Å²) in [4.78, 5) is 13.0. The maximum Gasteiger partial charge on any atom is 0.383 e. The number of alkyl halides is 4. The highest BCUT2D eigenvalue weighted by molar-refractivity contribution is 5.83. The van der Waals surface area contributed by atoms with Crippen molar-refractivity contribution in [2.24, 2.45) is 5.92 Å². The molecule has 0 bridgehead atoms. The number of hydrogen-bond donors (Lipinski definition) is 1. The molecular formula is C10H16F4N2O. The van der Waals surface area contributed by atoms with Gasteiger partial charge < -0.3 is 10.2 Å². The predicted octanol–water partition coefficient (Wildman–Crippen LogP) is 1.34. The maximum atomic E-state index is 12.6. The molecule has 1 amide bonds. The zero-order chi connectivity index (χ0) is 13.1. The Morgan fingerprint density at radius 2 is 1.94 bits per heavy atom. The molecular weight excluding hydrogens is 240 g/mol. The Morgan fingerprint density at radius 3 is 2.41 bits per heavy atom. The summed E-state index contributed by atoms with van der Waals surface area (Å²) in [7, 11) is 1.94. The van der Waals surface area contributed by atoms with Crippen molar-refractivity contribution >= 4 is 5.91 Å². The second-order valence-electron chi connectivity index (χ2n) is 4.38. The first kappa shape index (κ1) is 14.2. The molecule has 1 heterocycles. The van der Waals surface area contributed by atoms with Crippen LogP contribution in [-0.4, -0.2) is 49.8 Å². The van der Waals surface area contributed by atoms with Gasteiger partial charge in [-0.05, 0) is 38.9 Å².